The van der Waals surface area contributed by atoms with E-state index in [1.165, 1.54) is 0 Å². The van der Waals surface area contributed by atoms with Crippen molar-refractivity contribution in [1.29, 1.82) is 0 Å². The maximum Gasteiger partial charge on any atom is 0.157 e. The van der Waals surface area contributed by atoms with Crippen LogP contribution in [0.5, 0.6) is 0 Å². The monoisotopic (exact) mass is 289 g/mol. The Kier molecular flexibility index (Phi) is 2.48. The van der Waals surface area contributed by atoms with Gasteiger partial charge in [0.25, 0.3) is 0 Å². The number of fused-ring (bicyclic) bond motifs is 7. The number of H-pyrrole nitrogens is 1. The van der Waals surface area contributed by atoms with Gasteiger partial charge in [0.2, 0.25) is 0 Å². The van der Waals surface area contributed by atoms with Crippen molar-refractivity contribution in [3.63, 3.8) is 0 Å². The predicted octanol–water partition coefficient (Wildman–Crippen LogP) is 3.79. The fourth-order valence-corrected chi connectivity index (χ4v) is 3.17. The second-order valence-corrected chi connectivity index (χ2v) is 5.19. The molecule has 4 heterocycles. The van der Waals surface area contributed by atoms with Gasteiger partial charge in [0.15, 0.2) is 5.65 Å². The van der Waals surface area contributed by atoms with E-state index in [0.717, 1.165) is 44.0 Å². The highest BCUT2D eigenvalue weighted by Crippen LogP contribution is 2.34. The van der Waals surface area contributed by atoms with Crippen LogP contribution in [0.15, 0.2) is 42.9 Å². The van der Waals surface area contributed by atoms with Gasteiger partial charge in [-0.2, -0.15) is 0 Å². The number of benzene rings is 1. The van der Waals surface area contributed by atoms with E-state index >= 15 is 0 Å². The molecule has 5 nitrogen and oxygen atoms in total. The number of aromatic amines is 1. The average molecular weight is 289 g/mol. The highest BCUT2D eigenvalue weighted by atomic mass is 15.0. The second-order valence-electron chi connectivity index (χ2n) is 5.19. The summed E-state index contributed by atoms with van der Waals surface area (Å²) in [5.41, 5.74) is 6.06. The molecule has 0 amide bonds. The molecule has 0 aliphatic carbocycles. The molecule has 1 aromatic carbocycles. The molecule has 4 aromatic heterocycles. The predicted molar refractivity (Wildman–Crippen MR) is 89.9 cm³/mol. The Balaban J connectivity index is 0.00000125. The van der Waals surface area contributed by atoms with Gasteiger partial charge in [-0.1, -0.05) is 7.43 Å². The lowest BCUT2D eigenvalue weighted by atomic mass is 10.1. The molecule has 1 N–H and O–H groups in total. The molecule has 0 saturated heterocycles. The molecule has 5 rings (SSSR count). The number of nitrogens with one attached hydrogen (secondary N) is 1. The molecular formula is C17H15N5. The van der Waals surface area contributed by atoms with Crippen molar-refractivity contribution >= 4 is 44.0 Å². The van der Waals surface area contributed by atoms with Crippen LogP contribution in [0.4, 0.5) is 0 Å². The SMILES string of the molecule is C.Cn1c2cccnc2c2c3[nH]c4nccnc4c3ccc21. The lowest BCUT2D eigenvalue weighted by Crippen LogP contribution is -1.85. The van der Waals surface area contributed by atoms with Crippen LogP contribution >= 0.6 is 0 Å². The first kappa shape index (κ1) is 12.8. The summed E-state index contributed by atoms with van der Waals surface area (Å²) in [7, 11) is 2.07. The molecule has 22 heavy (non-hydrogen) atoms. The number of rotatable bonds is 0. The van der Waals surface area contributed by atoms with Crippen LogP contribution in [-0.2, 0) is 7.05 Å². The van der Waals surface area contributed by atoms with E-state index in [9.17, 15) is 0 Å². The van der Waals surface area contributed by atoms with Crippen LogP contribution in [0.25, 0.3) is 44.0 Å². The fraction of sp³-hybridized carbons (Fsp3) is 0.118. The molecule has 0 bridgehead atoms. The Morgan fingerprint density at radius 2 is 1.73 bits per heavy atom. The summed E-state index contributed by atoms with van der Waals surface area (Å²) in [4.78, 5) is 16.8. The highest BCUT2D eigenvalue weighted by molar-refractivity contribution is 6.22. The molecule has 0 unspecified atom stereocenters. The molecule has 0 aliphatic heterocycles. The van der Waals surface area contributed by atoms with Crippen LogP contribution in [0, 0.1) is 0 Å². The highest BCUT2D eigenvalue weighted by Gasteiger charge is 2.15. The topological polar surface area (TPSA) is 59.4 Å². The van der Waals surface area contributed by atoms with Crippen molar-refractivity contribution in [3.8, 4) is 0 Å². The molecule has 0 saturated carbocycles. The van der Waals surface area contributed by atoms with Gasteiger partial charge in [-0.15, -0.1) is 0 Å². The van der Waals surface area contributed by atoms with Gasteiger partial charge in [-0.05, 0) is 24.3 Å². The van der Waals surface area contributed by atoms with E-state index < -0.39 is 0 Å². The molecule has 0 spiro atoms. The zero-order valence-corrected chi connectivity index (χ0v) is 11.3. The smallest absolute Gasteiger partial charge is 0.157 e. The van der Waals surface area contributed by atoms with E-state index in [0.29, 0.717) is 0 Å². The molecule has 0 radical (unpaired) electrons. The minimum absolute atomic E-state index is 0. The summed E-state index contributed by atoms with van der Waals surface area (Å²) in [6.45, 7) is 0. The third-order valence-corrected chi connectivity index (χ3v) is 4.13. The summed E-state index contributed by atoms with van der Waals surface area (Å²) < 4.78 is 2.17. The van der Waals surface area contributed by atoms with Crippen LogP contribution in [0.1, 0.15) is 7.43 Å². The average Bonchev–Trinajstić information content (AvgIpc) is 3.04. The van der Waals surface area contributed by atoms with Crippen molar-refractivity contribution in [2.75, 3.05) is 0 Å². The molecule has 0 atom stereocenters. The largest absolute Gasteiger partial charge is 0.342 e. The number of hydrogen-bond acceptors (Lipinski definition) is 3. The number of aryl methyl sites for hydroxylation is 1. The number of pyridine rings is 1. The summed E-state index contributed by atoms with van der Waals surface area (Å²) in [6, 6.07) is 8.28. The van der Waals surface area contributed by atoms with Crippen molar-refractivity contribution in [2.24, 2.45) is 7.05 Å². The van der Waals surface area contributed by atoms with Gasteiger partial charge < -0.3 is 9.55 Å². The zero-order chi connectivity index (χ0) is 14.0. The zero-order valence-electron chi connectivity index (χ0n) is 11.3. The minimum Gasteiger partial charge on any atom is -0.342 e. The Morgan fingerprint density at radius 3 is 2.64 bits per heavy atom. The molecule has 5 aromatic rings. The lowest BCUT2D eigenvalue weighted by Gasteiger charge is -1.97. The molecule has 0 aliphatic rings. The Morgan fingerprint density at radius 1 is 0.909 bits per heavy atom. The number of hydrogen-bond donors (Lipinski definition) is 1. The maximum atomic E-state index is 4.57. The van der Waals surface area contributed by atoms with Crippen molar-refractivity contribution in [1.82, 2.24) is 24.5 Å². The molecule has 5 heteroatoms. The fourth-order valence-electron chi connectivity index (χ4n) is 3.17. The van der Waals surface area contributed by atoms with Crippen LogP contribution in [0.2, 0.25) is 0 Å². The molecule has 0 fully saturated rings. The van der Waals surface area contributed by atoms with E-state index in [1.54, 1.807) is 12.4 Å². The Bertz CT molecular complexity index is 1150. The summed E-state index contributed by atoms with van der Waals surface area (Å²) in [5, 5.41) is 2.22. The van der Waals surface area contributed by atoms with Crippen molar-refractivity contribution in [3.05, 3.63) is 42.9 Å². The lowest BCUT2D eigenvalue weighted by molar-refractivity contribution is 1.01. The van der Waals surface area contributed by atoms with E-state index in [4.69, 9.17) is 0 Å². The standard InChI is InChI=1S/C16H11N5.CH4/c1-21-10-5-4-9-13(20-16-14(9)18-7-8-19-16)12(10)15-11(21)3-2-6-17-15;/h2-8H,1H3,(H,19,20);1H4. The van der Waals surface area contributed by atoms with Gasteiger partial charge in [0, 0.05) is 31.0 Å². The first-order valence-electron chi connectivity index (χ1n) is 6.79. The Hall–Kier alpha value is -2.95. The van der Waals surface area contributed by atoms with Crippen LogP contribution in [-0.4, -0.2) is 24.5 Å². The number of aromatic nitrogens is 5. The second kappa shape index (κ2) is 4.27. The maximum absolute atomic E-state index is 4.57. The Labute approximate surface area is 126 Å². The molecular weight excluding hydrogens is 274 g/mol. The quantitative estimate of drug-likeness (QED) is 0.472. The van der Waals surface area contributed by atoms with E-state index in [-0.39, 0.29) is 7.43 Å². The van der Waals surface area contributed by atoms with Crippen LogP contribution in [0.3, 0.4) is 0 Å². The van der Waals surface area contributed by atoms with Gasteiger partial charge >= 0.3 is 0 Å². The van der Waals surface area contributed by atoms with Crippen LogP contribution < -0.4 is 0 Å². The normalized spacial score (nSPS) is 11.5. The van der Waals surface area contributed by atoms with Crippen molar-refractivity contribution < 1.29 is 0 Å². The summed E-state index contributed by atoms with van der Waals surface area (Å²) in [5.74, 6) is 0. The summed E-state index contributed by atoms with van der Waals surface area (Å²) >= 11 is 0. The van der Waals surface area contributed by atoms with Gasteiger partial charge in [0.05, 0.1) is 27.5 Å². The van der Waals surface area contributed by atoms with Gasteiger partial charge in [-0.3, -0.25) is 9.97 Å². The van der Waals surface area contributed by atoms with Gasteiger partial charge in [0.1, 0.15) is 5.52 Å². The molecule has 108 valence electrons. The van der Waals surface area contributed by atoms with Crippen molar-refractivity contribution in [2.45, 2.75) is 7.43 Å². The first-order chi connectivity index (χ1) is 10.3. The first-order valence-corrected chi connectivity index (χ1v) is 6.79. The van der Waals surface area contributed by atoms with E-state index in [1.807, 2.05) is 12.3 Å². The number of nitrogens with zero attached hydrogens (tertiary/aromatic N) is 4. The third-order valence-electron chi connectivity index (χ3n) is 4.13. The minimum atomic E-state index is 0. The summed E-state index contributed by atoms with van der Waals surface area (Å²) in [6.07, 6.45) is 5.26. The van der Waals surface area contributed by atoms with Gasteiger partial charge in [-0.25, -0.2) is 4.98 Å². The third kappa shape index (κ3) is 1.40. The van der Waals surface area contributed by atoms with E-state index in [2.05, 4.69) is 49.7 Å².